The summed E-state index contributed by atoms with van der Waals surface area (Å²) in [6.45, 7) is 2.41. The van der Waals surface area contributed by atoms with E-state index in [9.17, 15) is 9.59 Å². The average molecular weight is 538 g/mol. The number of anilines is 1. The molecule has 0 aliphatic heterocycles. The number of nitrogens with zero attached hydrogens (tertiary/aromatic N) is 3. The van der Waals surface area contributed by atoms with Crippen LogP contribution in [-0.2, 0) is 4.74 Å². The quantitative estimate of drug-likeness (QED) is 0.265. The molecule has 0 fully saturated rings. The van der Waals surface area contributed by atoms with E-state index in [4.69, 9.17) is 9.47 Å². The molecule has 0 saturated heterocycles. The van der Waals surface area contributed by atoms with Crippen LogP contribution in [0.25, 0.3) is 33.3 Å². The van der Waals surface area contributed by atoms with Crippen molar-refractivity contribution in [1.82, 2.24) is 19.9 Å². The molecule has 0 aliphatic rings. The Balaban J connectivity index is 0.000000546. The van der Waals surface area contributed by atoms with Crippen LogP contribution < -0.4 is 10.1 Å². The van der Waals surface area contributed by atoms with Gasteiger partial charge < -0.3 is 19.4 Å². The lowest BCUT2D eigenvalue weighted by molar-refractivity contribution is 0.0803. The van der Waals surface area contributed by atoms with E-state index in [1.165, 1.54) is 7.11 Å². The molecule has 2 amide bonds. The molecule has 5 rings (SSSR count). The zero-order chi connectivity index (χ0) is 28.5. The van der Waals surface area contributed by atoms with E-state index in [1.807, 2.05) is 67.7 Å². The zero-order valence-corrected chi connectivity index (χ0v) is 22.8. The van der Waals surface area contributed by atoms with Gasteiger partial charge in [-0.25, -0.2) is 9.78 Å². The van der Waals surface area contributed by atoms with Crippen LogP contribution in [0, 0.1) is 0 Å². The molecule has 2 N–H and O–H groups in total. The van der Waals surface area contributed by atoms with Gasteiger partial charge >= 0.3 is 6.09 Å². The summed E-state index contributed by atoms with van der Waals surface area (Å²) in [6, 6.07) is 20.9. The molecular formula is C31H31N5O4. The number of carbonyl (C=O) groups excluding carboxylic acids is 2. The highest BCUT2D eigenvalue weighted by Gasteiger charge is 2.19. The number of aromatic amines is 1. The molecule has 0 aliphatic carbocycles. The first-order valence-corrected chi connectivity index (χ1v) is 12.7. The Labute approximate surface area is 232 Å². The number of nitrogens with one attached hydrogen (secondary N) is 2. The molecule has 0 saturated carbocycles. The fourth-order valence-electron chi connectivity index (χ4n) is 4.08. The van der Waals surface area contributed by atoms with Crippen LogP contribution >= 0.6 is 0 Å². The van der Waals surface area contributed by atoms with Gasteiger partial charge in [0.2, 0.25) is 0 Å². The summed E-state index contributed by atoms with van der Waals surface area (Å²) < 4.78 is 10.2. The molecule has 0 radical (unpaired) electrons. The summed E-state index contributed by atoms with van der Waals surface area (Å²) in [5.41, 5.74) is 5.04. The first-order valence-electron chi connectivity index (χ1n) is 12.7. The van der Waals surface area contributed by atoms with E-state index >= 15 is 0 Å². The lowest BCUT2D eigenvalue weighted by Gasteiger charge is -2.18. The van der Waals surface area contributed by atoms with Crippen LogP contribution in [0.2, 0.25) is 0 Å². The van der Waals surface area contributed by atoms with Crippen molar-refractivity contribution in [3.63, 3.8) is 0 Å². The molecule has 3 heterocycles. The number of benzene rings is 2. The predicted octanol–water partition coefficient (Wildman–Crippen LogP) is 6.26. The average Bonchev–Trinajstić information content (AvgIpc) is 3.44. The van der Waals surface area contributed by atoms with Gasteiger partial charge in [0.25, 0.3) is 5.91 Å². The Morgan fingerprint density at radius 2 is 1.73 bits per heavy atom. The number of aromatic nitrogens is 3. The summed E-state index contributed by atoms with van der Waals surface area (Å²) in [6.07, 6.45) is 6.52. The summed E-state index contributed by atoms with van der Waals surface area (Å²) in [5, 5.41) is 3.55. The second-order valence-electron chi connectivity index (χ2n) is 8.74. The Morgan fingerprint density at radius 1 is 0.950 bits per heavy atom. The molecule has 9 heteroatoms. The number of hydrogen-bond acceptors (Lipinski definition) is 6. The van der Waals surface area contributed by atoms with Gasteiger partial charge in [-0.05, 0) is 48.9 Å². The molecule has 204 valence electrons. The first-order chi connectivity index (χ1) is 19.5. The van der Waals surface area contributed by atoms with Crippen molar-refractivity contribution in [2.24, 2.45) is 0 Å². The highest BCUT2D eigenvalue weighted by molar-refractivity contribution is 6.04. The number of H-pyrrole nitrogens is 1. The number of ether oxygens (including phenoxy) is 2. The zero-order valence-electron chi connectivity index (χ0n) is 22.8. The maximum Gasteiger partial charge on any atom is 0.411 e. The molecule has 9 nitrogen and oxygen atoms in total. The second-order valence-corrected chi connectivity index (χ2v) is 8.74. The van der Waals surface area contributed by atoms with Gasteiger partial charge in [0.15, 0.2) is 0 Å². The summed E-state index contributed by atoms with van der Waals surface area (Å²) in [4.78, 5) is 38.0. The largest absolute Gasteiger partial charge is 0.496 e. The number of carbonyl (C=O) groups is 2. The number of fused-ring (bicyclic) bond motifs is 1. The topological polar surface area (TPSA) is 109 Å². The van der Waals surface area contributed by atoms with Crippen molar-refractivity contribution in [2.45, 2.75) is 6.92 Å². The first kappa shape index (κ1) is 27.8. The van der Waals surface area contributed by atoms with Crippen molar-refractivity contribution in [1.29, 1.82) is 0 Å². The molecule has 0 spiro atoms. The maximum absolute atomic E-state index is 13.0. The second kappa shape index (κ2) is 13.1. The third-order valence-electron chi connectivity index (χ3n) is 6.32. The lowest BCUT2D eigenvalue weighted by Crippen LogP contribution is -2.27. The molecule has 0 atom stereocenters. The molecule has 40 heavy (non-hydrogen) atoms. The molecule has 5 aromatic rings. The van der Waals surface area contributed by atoms with Crippen molar-refractivity contribution < 1.29 is 19.1 Å². The number of methoxy groups -OCH3 is 2. The van der Waals surface area contributed by atoms with Crippen molar-refractivity contribution >= 4 is 28.7 Å². The SMILES string of the molecule is CCN(C)C(=O)c1cc(-c2cnc3[nH]cc(-c4ccccc4OC)c3c2)ccc1NC(=O)OC.c1ccncc1. The highest BCUT2D eigenvalue weighted by atomic mass is 16.5. The van der Waals surface area contributed by atoms with E-state index in [1.54, 1.807) is 49.8 Å². The van der Waals surface area contributed by atoms with E-state index in [2.05, 4.69) is 20.3 Å². The van der Waals surface area contributed by atoms with Crippen LogP contribution in [0.1, 0.15) is 17.3 Å². The molecule has 2 aromatic carbocycles. The fraction of sp³-hybridized carbons (Fsp3) is 0.161. The summed E-state index contributed by atoms with van der Waals surface area (Å²) >= 11 is 0. The maximum atomic E-state index is 13.0. The third kappa shape index (κ3) is 6.27. The van der Waals surface area contributed by atoms with Crippen LogP contribution in [0.15, 0.2) is 91.5 Å². The van der Waals surface area contributed by atoms with Crippen molar-refractivity contribution in [3.8, 4) is 28.0 Å². The van der Waals surface area contributed by atoms with Gasteiger partial charge in [0.1, 0.15) is 11.4 Å². The Hall–Kier alpha value is -5.18. The minimum Gasteiger partial charge on any atom is -0.496 e. The molecule has 0 bridgehead atoms. The number of amides is 2. The van der Waals surface area contributed by atoms with Crippen molar-refractivity contribution in [2.75, 3.05) is 33.1 Å². The van der Waals surface area contributed by atoms with Crippen LogP contribution in [0.3, 0.4) is 0 Å². The minimum atomic E-state index is -0.641. The van der Waals surface area contributed by atoms with E-state index in [-0.39, 0.29) is 5.91 Å². The van der Waals surface area contributed by atoms with E-state index in [0.717, 1.165) is 39.0 Å². The van der Waals surface area contributed by atoms with Gasteiger partial charge in [-0.3, -0.25) is 15.1 Å². The standard InChI is InChI=1S/C26H26N4O4.C5H5N/c1-5-30(2)25(31)20-12-16(10-11-22(20)29-26(32)34-4)17-13-19-21(15-28-24(19)27-14-17)18-8-6-7-9-23(18)33-3;1-2-4-6-5-3-1/h6-15H,5H2,1-4H3,(H,27,28)(H,29,32);1-5H. The van der Waals surface area contributed by atoms with Gasteiger partial charge in [0.05, 0.1) is 25.5 Å². The molecule has 0 unspecified atom stereocenters. The Bertz CT molecular complexity index is 1570. The smallest absolute Gasteiger partial charge is 0.411 e. The summed E-state index contributed by atoms with van der Waals surface area (Å²) in [7, 11) is 4.64. The molecule has 3 aromatic heterocycles. The van der Waals surface area contributed by atoms with Crippen molar-refractivity contribution in [3.05, 3.63) is 97.1 Å². The number of pyridine rings is 2. The van der Waals surface area contributed by atoms with Gasteiger partial charge in [0, 0.05) is 60.5 Å². The number of rotatable bonds is 6. The van der Waals surface area contributed by atoms with Crippen LogP contribution in [0.5, 0.6) is 5.75 Å². The molecular weight excluding hydrogens is 506 g/mol. The van der Waals surface area contributed by atoms with Crippen LogP contribution in [-0.4, -0.2) is 59.7 Å². The normalized spacial score (nSPS) is 10.3. The number of para-hydroxylation sites is 1. The predicted molar refractivity (Wildman–Crippen MR) is 156 cm³/mol. The monoisotopic (exact) mass is 537 g/mol. The lowest BCUT2D eigenvalue weighted by atomic mass is 9.99. The Morgan fingerprint density at radius 3 is 2.38 bits per heavy atom. The Kier molecular flexibility index (Phi) is 9.09. The van der Waals surface area contributed by atoms with E-state index < -0.39 is 6.09 Å². The summed E-state index contributed by atoms with van der Waals surface area (Å²) in [5.74, 6) is 0.559. The number of hydrogen-bond donors (Lipinski definition) is 2. The van der Waals surface area contributed by atoms with Gasteiger partial charge in [-0.2, -0.15) is 0 Å². The third-order valence-corrected chi connectivity index (χ3v) is 6.32. The minimum absolute atomic E-state index is 0.207. The highest BCUT2D eigenvalue weighted by Crippen LogP contribution is 2.36. The van der Waals surface area contributed by atoms with Crippen LogP contribution in [0.4, 0.5) is 10.5 Å². The van der Waals surface area contributed by atoms with Gasteiger partial charge in [-0.15, -0.1) is 0 Å². The fourth-order valence-corrected chi connectivity index (χ4v) is 4.08. The van der Waals surface area contributed by atoms with Gasteiger partial charge in [-0.1, -0.05) is 30.3 Å². The van der Waals surface area contributed by atoms with E-state index in [0.29, 0.717) is 17.8 Å².